The first kappa shape index (κ1) is 27.3. The van der Waals surface area contributed by atoms with Crippen LogP contribution in [0.15, 0.2) is 48.5 Å². The fourth-order valence-electron chi connectivity index (χ4n) is 4.33. The summed E-state index contributed by atoms with van der Waals surface area (Å²) in [6, 6.07) is 12.7. The van der Waals surface area contributed by atoms with E-state index in [-0.39, 0.29) is 18.5 Å². The smallest absolute Gasteiger partial charge is 0.244 e. The standard InChI is InChI=1S/C25H31Cl2N3O4S/c1-3-23(25(32)28-20-9-7-8-10-20)29(16-18-13-14-19(26)15-22(18)27)24(31)17-30(35(2,33)34)21-11-5-4-6-12-21/h4-6,11-15,20,23H,3,7-10,16-17H2,1-2H3,(H,28,32)/t23-/m1/s1. The maximum absolute atomic E-state index is 13.7. The number of anilines is 1. The first-order chi connectivity index (χ1) is 16.6. The summed E-state index contributed by atoms with van der Waals surface area (Å²) in [5.74, 6) is -0.748. The molecule has 2 aromatic rings. The molecule has 0 unspecified atom stereocenters. The van der Waals surface area contributed by atoms with Crippen molar-refractivity contribution in [2.45, 2.75) is 57.7 Å². The van der Waals surface area contributed by atoms with Gasteiger partial charge in [-0.15, -0.1) is 0 Å². The molecule has 0 saturated heterocycles. The second-order valence-electron chi connectivity index (χ2n) is 8.78. The molecule has 0 aromatic heterocycles. The highest BCUT2D eigenvalue weighted by Crippen LogP contribution is 2.25. The first-order valence-electron chi connectivity index (χ1n) is 11.7. The van der Waals surface area contributed by atoms with E-state index in [0.29, 0.717) is 27.7 Å². The van der Waals surface area contributed by atoms with Crippen molar-refractivity contribution in [3.63, 3.8) is 0 Å². The number of sulfonamides is 1. The van der Waals surface area contributed by atoms with Crippen molar-refractivity contribution < 1.29 is 18.0 Å². The minimum Gasteiger partial charge on any atom is -0.352 e. The number of hydrogen-bond donors (Lipinski definition) is 1. The van der Waals surface area contributed by atoms with Crippen molar-refractivity contribution in [2.75, 3.05) is 17.1 Å². The van der Waals surface area contributed by atoms with Gasteiger partial charge in [0.05, 0.1) is 11.9 Å². The van der Waals surface area contributed by atoms with Crippen LogP contribution in [0.1, 0.15) is 44.6 Å². The Morgan fingerprint density at radius 3 is 2.31 bits per heavy atom. The van der Waals surface area contributed by atoms with E-state index in [1.165, 1.54) is 4.90 Å². The summed E-state index contributed by atoms with van der Waals surface area (Å²) in [6.07, 6.45) is 5.36. The van der Waals surface area contributed by atoms with E-state index in [4.69, 9.17) is 23.2 Å². The van der Waals surface area contributed by atoms with Crippen LogP contribution in [0.4, 0.5) is 5.69 Å². The van der Waals surface area contributed by atoms with Gasteiger partial charge >= 0.3 is 0 Å². The molecule has 1 N–H and O–H groups in total. The van der Waals surface area contributed by atoms with Crippen LogP contribution in [-0.2, 0) is 26.2 Å². The van der Waals surface area contributed by atoms with Gasteiger partial charge < -0.3 is 10.2 Å². The molecule has 1 fully saturated rings. The molecule has 190 valence electrons. The quantitative estimate of drug-likeness (QED) is 0.476. The van der Waals surface area contributed by atoms with Gasteiger partial charge in [-0.25, -0.2) is 8.42 Å². The van der Waals surface area contributed by atoms with Gasteiger partial charge in [0.1, 0.15) is 12.6 Å². The van der Waals surface area contributed by atoms with Gasteiger partial charge in [0, 0.05) is 22.6 Å². The number of amides is 2. The fraction of sp³-hybridized carbons (Fsp3) is 0.440. The van der Waals surface area contributed by atoms with Crippen molar-refractivity contribution in [3.8, 4) is 0 Å². The highest BCUT2D eigenvalue weighted by Gasteiger charge is 2.33. The zero-order valence-corrected chi connectivity index (χ0v) is 22.2. The van der Waals surface area contributed by atoms with Crippen LogP contribution < -0.4 is 9.62 Å². The van der Waals surface area contributed by atoms with E-state index >= 15 is 0 Å². The normalized spacial score (nSPS) is 15.0. The fourth-order valence-corrected chi connectivity index (χ4v) is 5.65. The Morgan fingerprint density at radius 1 is 1.09 bits per heavy atom. The van der Waals surface area contributed by atoms with E-state index in [9.17, 15) is 18.0 Å². The molecule has 10 heteroatoms. The number of nitrogens with zero attached hydrogens (tertiary/aromatic N) is 2. The van der Waals surface area contributed by atoms with Crippen molar-refractivity contribution in [2.24, 2.45) is 0 Å². The molecule has 0 aliphatic heterocycles. The SMILES string of the molecule is CC[C@H](C(=O)NC1CCCC1)N(Cc1ccc(Cl)cc1Cl)C(=O)CN(c1ccccc1)S(C)(=O)=O. The summed E-state index contributed by atoms with van der Waals surface area (Å²) in [7, 11) is -3.76. The van der Waals surface area contributed by atoms with E-state index in [2.05, 4.69) is 5.32 Å². The van der Waals surface area contributed by atoms with Crippen LogP contribution >= 0.6 is 23.2 Å². The predicted octanol–water partition coefficient (Wildman–Crippen LogP) is 4.63. The number of para-hydroxylation sites is 1. The second kappa shape index (κ2) is 12.1. The average Bonchev–Trinajstić information content (AvgIpc) is 3.31. The molecule has 7 nitrogen and oxygen atoms in total. The molecule has 1 aliphatic carbocycles. The molecule has 0 heterocycles. The van der Waals surface area contributed by atoms with Gasteiger partial charge in [0.2, 0.25) is 21.8 Å². The zero-order valence-electron chi connectivity index (χ0n) is 19.9. The van der Waals surface area contributed by atoms with Crippen LogP contribution in [-0.4, -0.2) is 50.0 Å². The van der Waals surface area contributed by atoms with Gasteiger partial charge in [-0.05, 0) is 49.1 Å². The van der Waals surface area contributed by atoms with Gasteiger partial charge in [-0.3, -0.25) is 13.9 Å². The van der Waals surface area contributed by atoms with Crippen molar-refractivity contribution in [3.05, 3.63) is 64.1 Å². The Morgan fingerprint density at radius 2 is 1.74 bits per heavy atom. The third kappa shape index (κ3) is 7.35. The average molecular weight is 541 g/mol. The first-order valence-corrected chi connectivity index (χ1v) is 14.3. The molecule has 0 radical (unpaired) electrons. The highest BCUT2D eigenvalue weighted by molar-refractivity contribution is 7.92. The van der Waals surface area contributed by atoms with Gasteiger partial charge in [-0.2, -0.15) is 0 Å². The van der Waals surface area contributed by atoms with Crippen LogP contribution in [0, 0.1) is 0 Å². The van der Waals surface area contributed by atoms with Crippen LogP contribution in [0.5, 0.6) is 0 Å². The van der Waals surface area contributed by atoms with E-state index in [1.807, 2.05) is 6.92 Å². The number of carbonyl (C=O) groups is 2. The lowest BCUT2D eigenvalue weighted by molar-refractivity contribution is -0.140. The molecule has 2 aromatic carbocycles. The predicted molar refractivity (Wildman–Crippen MR) is 140 cm³/mol. The minimum atomic E-state index is -3.76. The number of hydrogen-bond acceptors (Lipinski definition) is 4. The summed E-state index contributed by atoms with van der Waals surface area (Å²) >= 11 is 12.4. The number of carbonyl (C=O) groups excluding carboxylic acids is 2. The second-order valence-corrected chi connectivity index (χ2v) is 11.5. The number of rotatable bonds is 10. The largest absolute Gasteiger partial charge is 0.352 e. The summed E-state index contributed by atoms with van der Waals surface area (Å²) in [5.41, 5.74) is 0.985. The minimum absolute atomic E-state index is 0.0395. The third-order valence-electron chi connectivity index (χ3n) is 6.17. The van der Waals surface area contributed by atoms with Crippen molar-refractivity contribution >= 4 is 50.7 Å². The number of nitrogens with one attached hydrogen (secondary N) is 1. The molecule has 1 aliphatic rings. The molecular formula is C25H31Cl2N3O4S. The summed E-state index contributed by atoms with van der Waals surface area (Å²) < 4.78 is 26.2. The molecule has 1 saturated carbocycles. The lowest BCUT2D eigenvalue weighted by Crippen LogP contribution is -2.53. The zero-order chi connectivity index (χ0) is 25.6. The Bertz CT molecular complexity index is 1140. The van der Waals surface area contributed by atoms with E-state index < -0.39 is 28.5 Å². The molecule has 2 amide bonds. The third-order valence-corrected chi connectivity index (χ3v) is 7.89. The Kier molecular flexibility index (Phi) is 9.44. The maximum atomic E-state index is 13.7. The van der Waals surface area contributed by atoms with Crippen LogP contribution in [0.2, 0.25) is 10.0 Å². The van der Waals surface area contributed by atoms with Gasteiger partial charge in [0.15, 0.2) is 0 Å². The summed E-state index contributed by atoms with van der Waals surface area (Å²) in [5, 5.41) is 3.89. The topological polar surface area (TPSA) is 86.8 Å². The van der Waals surface area contributed by atoms with Gasteiger partial charge in [0.25, 0.3) is 0 Å². The number of benzene rings is 2. The lowest BCUT2D eigenvalue weighted by Gasteiger charge is -2.33. The molecule has 0 bridgehead atoms. The molecule has 3 rings (SSSR count). The van der Waals surface area contributed by atoms with Crippen molar-refractivity contribution in [1.82, 2.24) is 10.2 Å². The Hall–Kier alpha value is -2.29. The highest BCUT2D eigenvalue weighted by atomic mass is 35.5. The summed E-state index contributed by atoms with van der Waals surface area (Å²) in [4.78, 5) is 28.4. The lowest BCUT2D eigenvalue weighted by atomic mass is 10.1. The Balaban J connectivity index is 1.93. The number of halogens is 2. The molecule has 35 heavy (non-hydrogen) atoms. The molecule has 1 atom stereocenters. The van der Waals surface area contributed by atoms with Gasteiger partial charge in [-0.1, -0.05) is 67.2 Å². The van der Waals surface area contributed by atoms with E-state index in [1.54, 1.807) is 48.5 Å². The van der Waals surface area contributed by atoms with Crippen molar-refractivity contribution in [1.29, 1.82) is 0 Å². The monoisotopic (exact) mass is 539 g/mol. The molecular weight excluding hydrogens is 509 g/mol. The van der Waals surface area contributed by atoms with Crippen LogP contribution in [0.3, 0.4) is 0 Å². The van der Waals surface area contributed by atoms with E-state index in [0.717, 1.165) is 36.2 Å². The summed E-state index contributed by atoms with van der Waals surface area (Å²) in [6.45, 7) is 1.42. The Labute approximate surface area is 217 Å². The molecule has 0 spiro atoms. The maximum Gasteiger partial charge on any atom is 0.244 e. The van der Waals surface area contributed by atoms with Crippen LogP contribution in [0.25, 0.3) is 0 Å².